The van der Waals surface area contributed by atoms with E-state index in [1.165, 1.54) is 31.0 Å². The highest BCUT2D eigenvalue weighted by molar-refractivity contribution is 7.99. The van der Waals surface area contributed by atoms with Crippen molar-refractivity contribution in [2.45, 2.75) is 50.6 Å². The SMILES string of the molecule is Cc1ccccc1-n1c(SCC(=O)C23CC4CC(CC(C4)C2)C3)nc2cc(Cl)ccc2c1=O. The predicted molar refractivity (Wildman–Crippen MR) is 133 cm³/mol. The predicted octanol–water partition coefficient (Wildman–Crippen LogP) is 6.23. The van der Waals surface area contributed by atoms with Crippen LogP contribution in [0.2, 0.25) is 5.02 Å². The van der Waals surface area contributed by atoms with E-state index in [4.69, 9.17) is 16.6 Å². The number of nitrogens with zero attached hydrogens (tertiary/aromatic N) is 2. The first-order chi connectivity index (χ1) is 15.9. The van der Waals surface area contributed by atoms with Crippen molar-refractivity contribution in [3.63, 3.8) is 0 Å². The van der Waals surface area contributed by atoms with Gasteiger partial charge in [-0.05, 0) is 93.0 Å². The van der Waals surface area contributed by atoms with Gasteiger partial charge in [0.05, 0.1) is 22.3 Å². The van der Waals surface area contributed by atoms with E-state index < -0.39 is 0 Å². The first-order valence-electron chi connectivity index (χ1n) is 11.9. The molecule has 170 valence electrons. The fourth-order valence-electron chi connectivity index (χ4n) is 7.00. The Balaban J connectivity index is 1.38. The summed E-state index contributed by atoms with van der Waals surface area (Å²) in [6.45, 7) is 1.99. The number of carbonyl (C=O) groups excluding carboxylic acids is 1. The van der Waals surface area contributed by atoms with E-state index >= 15 is 0 Å². The van der Waals surface area contributed by atoms with Gasteiger partial charge >= 0.3 is 0 Å². The molecule has 2 aromatic carbocycles. The molecule has 0 unspecified atom stereocenters. The van der Waals surface area contributed by atoms with E-state index in [2.05, 4.69) is 0 Å². The van der Waals surface area contributed by atoms with E-state index in [1.807, 2.05) is 31.2 Å². The molecule has 1 heterocycles. The molecule has 0 amide bonds. The minimum absolute atomic E-state index is 0.129. The number of ketones is 1. The highest BCUT2D eigenvalue weighted by atomic mass is 35.5. The fourth-order valence-corrected chi connectivity index (χ4v) is 8.20. The highest BCUT2D eigenvalue weighted by Gasteiger charge is 2.54. The molecule has 4 nitrogen and oxygen atoms in total. The number of aryl methyl sites for hydroxylation is 1. The standard InChI is InChI=1S/C27H27ClN2O2S/c1-16-4-2-3-5-23(16)30-25(32)21-7-6-20(28)11-22(21)29-26(30)33-15-24(31)27-12-17-8-18(13-27)10-19(9-17)14-27/h2-7,11,17-19H,8-10,12-15H2,1H3. The summed E-state index contributed by atoms with van der Waals surface area (Å²) in [5.74, 6) is 2.91. The largest absolute Gasteiger partial charge is 0.298 e. The molecule has 4 aliphatic rings. The Bertz CT molecular complexity index is 1300. The maximum absolute atomic E-state index is 13.6. The van der Waals surface area contributed by atoms with Gasteiger partial charge in [0.25, 0.3) is 5.56 Å². The molecule has 0 radical (unpaired) electrons. The number of para-hydroxylation sites is 1. The van der Waals surface area contributed by atoms with Crippen LogP contribution in [0.5, 0.6) is 0 Å². The van der Waals surface area contributed by atoms with E-state index in [-0.39, 0.29) is 11.0 Å². The van der Waals surface area contributed by atoms with Crippen molar-refractivity contribution in [2.75, 3.05) is 5.75 Å². The van der Waals surface area contributed by atoms with Crippen LogP contribution >= 0.6 is 23.4 Å². The molecule has 4 aliphatic carbocycles. The van der Waals surface area contributed by atoms with Crippen LogP contribution in [-0.2, 0) is 4.79 Å². The number of hydrogen-bond donors (Lipinski definition) is 0. The third-order valence-electron chi connectivity index (χ3n) is 8.12. The van der Waals surface area contributed by atoms with Crippen LogP contribution in [-0.4, -0.2) is 21.1 Å². The van der Waals surface area contributed by atoms with Gasteiger partial charge in [0, 0.05) is 10.4 Å². The fraction of sp³-hybridized carbons (Fsp3) is 0.444. The van der Waals surface area contributed by atoms with Crippen molar-refractivity contribution >= 4 is 40.0 Å². The Morgan fingerprint density at radius 1 is 1.09 bits per heavy atom. The molecule has 0 N–H and O–H groups in total. The molecule has 4 fully saturated rings. The van der Waals surface area contributed by atoms with Gasteiger partial charge in [0.1, 0.15) is 5.78 Å². The quantitative estimate of drug-likeness (QED) is 0.322. The van der Waals surface area contributed by atoms with Crippen LogP contribution in [0.25, 0.3) is 16.6 Å². The van der Waals surface area contributed by atoms with Gasteiger partial charge in [-0.1, -0.05) is 41.6 Å². The van der Waals surface area contributed by atoms with Crippen molar-refractivity contribution in [3.05, 3.63) is 63.4 Å². The Morgan fingerprint density at radius 3 is 2.42 bits per heavy atom. The number of halogens is 1. The van der Waals surface area contributed by atoms with Gasteiger partial charge in [-0.25, -0.2) is 4.98 Å². The lowest BCUT2D eigenvalue weighted by Crippen LogP contribution is -2.50. The van der Waals surface area contributed by atoms with E-state index in [0.29, 0.717) is 32.6 Å². The second-order valence-corrected chi connectivity index (χ2v) is 11.8. The van der Waals surface area contributed by atoms with E-state index in [1.54, 1.807) is 22.8 Å². The summed E-state index contributed by atoms with van der Waals surface area (Å²) in [4.78, 5) is 32.0. The van der Waals surface area contributed by atoms with Crippen LogP contribution < -0.4 is 5.56 Å². The summed E-state index contributed by atoms with van der Waals surface area (Å²) in [5, 5.41) is 1.63. The summed E-state index contributed by atoms with van der Waals surface area (Å²) < 4.78 is 1.67. The Labute approximate surface area is 202 Å². The minimum Gasteiger partial charge on any atom is -0.298 e. The zero-order valence-electron chi connectivity index (χ0n) is 18.7. The van der Waals surface area contributed by atoms with Crippen molar-refractivity contribution in [1.82, 2.24) is 9.55 Å². The zero-order chi connectivity index (χ0) is 22.7. The summed E-state index contributed by atoms with van der Waals surface area (Å²) >= 11 is 7.60. The first-order valence-corrected chi connectivity index (χ1v) is 13.2. The van der Waals surface area contributed by atoms with Gasteiger partial charge in [0.15, 0.2) is 5.16 Å². The summed E-state index contributed by atoms with van der Waals surface area (Å²) in [6.07, 6.45) is 7.13. The third-order valence-corrected chi connectivity index (χ3v) is 9.29. The molecule has 4 saturated carbocycles. The van der Waals surface area contributed by atoms with Crippen molar-refractivity contribution < 1.29 is 4.79 Å². The number of carbonyl (C=O) groups is 1. The van der Waals surface area contributed by atoms with Crippen LogP contribution in [0.3, 0.4) is 0 Å². The van der Waals surface area contributed by atoms with Crippen molar-refractivity contribution in [3.8, 4) is 5.69 Å². The van der Waals surface area contributed by atoms with E-state index in [0.717, 1.165) is 48.3 Å². The summed E-state index contributed by atoms with van der Waals surface area (Å²) in [6, 6.07) is 13.0. The maximum atomic E-state index is 13.6. The number of rotatable bonds is 5. The van der Waals surface area contributed by atoms with Crippen LogP contribution in [0.15, 0.2) is 52.4 Å². The lowest BCUT2D eigenvalue weighted by atomic mass is 9.48. The average Bonchev–Trinajstić information content (AvgIpc) is 2.77. The van der Waals surface area contributed by atoms with Crippen molar-refractivity contribution in [1.29, 1.82) is 0 Å². The third kappa shape index (κ3) is 3.64. The molecule has 0 saturated heterocycles. The Hall–Kier alpha value is -2.11. The Kier molecular flexibility index (Phi) is 5.19. The van der Waals surface area contributed by atoms with Crippen LogP contribution in [0, 0.1) is 30.1 Å². The number of thioether (sulfide) groups is 1. The van der Waals surface area contributed by atoms with Gasteiger partial charge in [-0.15, -0.1) is 0 Å². The lowest BCUT2D eigenvalue weighted by Gasteiger charge is -2.56. The van der Waals surface area contributed by atoms with E-state index in [9.17, 15) is 9.59 Å². The smallest absolute Gasteiger partial charge is 0.266 e. The van der Waals surface area contributed by atoms with Gasteiger partial charge in [-0.2, -0.15) is 0 Å². The first kappa shape index (κ1) is 21.4. The molecule has 1 aromatic heterocycles. The van der Waals surface area contributed by atoms with Crippen LogP contribution in [0.4, 0.5) is 0 Å². The van der Waals surface area contributed by atoms with Gasteiger partial charge in [0.2, 0.25) is 0 Å². The molecule has 3 aromatic rings. The second-order valence-electron chi connectivity index (χ2n) is 10.4. The topological polar surface area (TPSA) is 52.0 Å². The van der Waals surface area contributed by atoms with Gasteiger partial charge < -0.3 is 0 Å². The normalized spacial score (nSPS) is 27.9. The monoisotopic (exact) mass is 478 g/mol. The molecular weight excluding hydrogens is 452 g/mol. The minimum atomic E-state index is -0.143. The molecule has 33 heavy (non-hydrogen) atoms. The van der Waals surface area contributed by atoms with Gasteiger partial charge in [-0.3, -0.25) is 14.2 Å². The lowest BCUT2D eigenvalue weighted by molar-refractivity contribution is -0.141. The average molecular weight is 479 g/mol. The Morgan fingerprint density at radius 2 is 1.76 bits per heavy atom. The number of benzene rings is 2. The highest BCUT2D eigenvalue weighted by Crippen LogP contribution is 2.60. The number of Topliss-reactive ketones (excluding diaryl/α,β-unsaturated/α-hetero) is 1. The molecule has 0 atom stereocenters. The number of fused-ring (bicyclic) bond motifs is 1. The summed E-state index contributed by atoms with van der Waals surface area (Å²) in [5.41, 5.74) is 2.09. The maximum Gasteiger partial charge on any atom is 0.266 e. The van der Waals surface area contributed by atoms with Crippen LogP contribution in [0.1, 0.15) is 44.1 Å². The number of hydrogen-bond acceptors (Lipinski definition) is 4. The molecule has 6 heteroatoms. The second kappa shape index (κ2) is 7.99. The van der Waals surface area contributed by atoms with Crippen molar-refractivity contribution in [2.24, 2.45) is 23.2 Å². The molecule has 7 rings (SSSR count). The molecule has 0 spiro atoms. The zero-order valence-corrected chi connectivity index (χ0v) is 20.3. The number of aromatic nitrogens is 2. The molecule has 4 bridgehead atoms. The molecular formula is C27H27ClN2O2S. The molecule has 0 aliphatic heterocycles. The summed E-state index contributed by atoms with van der Waals surface area (Å²) in [7, 11) is 0.